The molecule has 0 radical (unpaired) electrons. The van der Waals surface area contributed by atoms with Crippen LogP contribution < -0.4 is 15.4 Å². The van der Waals surface area contributed by atoms with Crippen molar-refractivity contribution in [1.82, 2.24) is 20.2 Å². The topological polar surface area (TPSA) is 106 Å². The lowest BCUT2D eigenvalue weighted by atomic mass is 10.1. The number of morpholine rings is 1. The number of pyridine rings is 2. The van der Waals surface area contributed by atoms with Crippen molar-refractivity contribution in [2.75, 3.05) is 31.7 Å². The van der Waals surface area contributed by atoms with Crippen molar-refractivity contribution in [2.45, 2.75) is 31.7 Å². The summed E-state index contributed by atoms with van der Waals surface area (Å²) in [5.41, 5.74) is 1.47. The number of nitrogens with zero attached hydrogens (tertiary/aromatic N) is 3. The van der Waals surface area contributed by atoms with E-state index in [4.69, 9.17) is 16.3 Å². The number of carbonyl (C=O) groups is 2. The summed E-state index contributed by atoms with van der Waals surface area (Å²) in [5.74, 6) is -0.663. The highest BCUT2D eigenvalue weighted by Crippen LogP contribution is 2.35. The van der Waals surface area contributed by atoms with Gasteiger partial charge in [0.15, 0.2) is 6.61 Å². The van der Waals surface area contributed by atoms with Crippen molar-refractivity contribution in [3.63, 3.8) is 0 Å². The summed E-state index contributed by atoms with van der Waals surface area (Å²) in [4.78, 5) is 35.3. The molecule has 4 heterocycles. The van der Waals surface area contributed by atoms with Crippen molar-refractivity contribution in [3.8, 4) is 5.88 Å². The Morgan fingerprint density at radius 3 is 2.91 bits per heavy atom. The molecule has 0 aromatic carbocycles. The molecule has 0 saturated carbocycles. The zero-order valence-electron chi connectivity index (χ0n) is 18.0. The number of anilines is 1. The molecule has 13 heteroatoms. The van der Waals surface area contributed by atoms with Crippen molar-refractivity contribution in [3.05, 3.63) is 46.2 Å². The van der Waals surface area contributed by atoms with Gasteiger partial charge in [0.05, 0.1) is 25.8 Å². The Balaban J connectivity index is 1.49. The van der Waals surface area contributed by atoms with Gasteiger partial charge in [-0.05, 0) is 24.6 Å². The van der Waals surface area contributed by atoms with Gasteiger partial charge in [-0.15, -0.1) is 0 Å². The van der Waals surface area contributed by atoms with Gasteiger partial charge in [0.2, 0.25) is 11.8 Å². The molecule has 1 fully saturated rings. The lowest BCUT2D eigenvalue weighted by Gasteiger charge is -2.25. The first-order valence-corrected chi connectivity index (χ1v) is 10.8. The van der Waals surface area contributed by atoms with E-state index in [1.165, 1.54) is 23.4 Å². The highest BCUT2D eigenvalue weighted by atomic mass is 35.5. The van der Waals surface area contributed by atoms with Crippen molar-refractivity contribution >= 4 is 29.2 Å². The maximum atomic E-state index is 13.1. The molecule has 0 bridgehead atoms. The molecule has 2 atom stereocenters. The first kappa shape index (κ1) is 24.2. The summed E-state index contributed by atoms with van der Waals surface area (Å²) in [6.07, 6.45) is -1.77. The number of rotatable bonds is 6. The van der Waals surface area contributed by atoms with E-state index >= 15 is 0 Å². The normalized spacial score (nSPS) is 19.0. The molecule has 2 aliphatic heterocycles. The third kappa shape index (κ3) is 5.24. The third-order valence-electron chi connectivity index (χ3n) is 5.51. The molecule has 182 valence electrons. The number of hydrogen-bond donors (Lipinski definition) is 2. The van der Waals surface area contributed by atoms with Crippen LogP contribution in [0.1, 0.15) is 34.5 Å². The number of aromatic nitrogens is 2. The van der Waals surface area contributed by atoms with Gasteiger partial charge >= 0.3 is 6.18 Å². The Morgan fingerprint density at radius 2 is 2.24 bits per heavy atom. The average molecular weight is 500 g/mol. The zero-order valence-corrected chi connectivity index (χ0v) is 18.7. The van der Waals surface area contributed by atoms with Gasteiger partial charge < -0.3 is 25.0 Å². The molecule has 34 heavy (non-hydrogen) atoms. The van der Waals surface area contributed by atoms with Crippen LogP contribution in [0.15, 0.2) is 24.5 Å². The van der Waals surface area contributed by atoms with Gasteiger partial charge in [-0.2, -0.15) is 13.2 Å². The van der Waals surface area contributed by atoms with Crippen LogP contribution in [-0.4, -0.2) is 65.3 Å². The van der Waals surface area contributed by atoms with E-state index in [0.717, 1.165) is 0 Å². The van der Waals surface area contributed by atoms with Crippen LogP contribution in [0, 0.1) is 0 Å². The fourth-order valence-corrected chi connectivity index (χ4v) is 3.94. The van der Waals surface area contributed by atoms with E-state index in [-0.39, 0.29) is 41.7 Å². The molecule has 1 unspecified atom stereocenters. The van der Waals surface area contributed by atoms with Crippen LogP contribution in [0.25, 0.3) is 0 Å². The number of fused-ring (bicyclic) bond motifs is 1. The molecule has 9 nitrogen and oxygen atoms in total. The number of alkyl halides is 3. The summed E-state index contributed by atoms with van der Waals surface area (Å²) in [7, 11) is 0. The molecule has 4 rings (SSSR count). The lowest BCUT2D eigenvalue weighted by Crippen LogP contribution is -2.49. The molecule has 2 aromatic rings. The van der Waals surface area contributed by atoms with E-state index in [9.17, 15) is 22.8 Å². The van der Waals surface area contributed by atoms with Gasteiger partial charge in [0.25, 0.3) is 5.91 Å². The smallest absolute Gasteiger partial charge is 0.422 e. The fourth-order valence-electron chi connectivity index (χ4n) is 3.71. The zero-order chi connectivity index (χ0) is 24.5. The molecule has 2 aliphatic rings. The van der Waals surface area contributed by atoms with Crippen LogP contribution >= 0.6 is 11.6 Å². The first-order valence-electron chi connectivity index (χ1n) is 10.4. The number of ether oxygens (including phenoxy) is 2. The number of nitrogens with one attached hydrogen (secondary N) is 2. The van der Waals surface area contributed by atoms with Crippen LogP contribution in [0.4, 0.5) is 19.0 Å². The van der Waals surface area contributed by atoms with Gasteiger partial charge in [0.1, 0.15) is 16.9 Å². The number of halogens is 4. The van der Waals surface area contributed by atoms with E-state index in [1.807, 2.05) is 0 Å². The molecule has 2 N–H and O–H groups in total. The molecule has 0 spiro atoms. The van der Waals surface area contributed by atoms with Crippen molar-refractivity contribution in [2.24, 2.45) is 0 Å². The summed E-state index contributed by atoms with van der Waals surface area (Å²) in [6, 6.07) is 1.95. The van der Waals surface area contributed by atoms with Gasteiger partial charge in [-0.25, -0.2) is 9.97 Å². The lowest BCUT2D eigenvalue weighted by molar-refractivity contribution is -0.154. The third-order valence-corrected chi connectivity index (χ3v) is 5.78. The quantitative estimate of drug-likeness (QED) is 0.629. The Kier molecular flexibility index (Phi) is 6.91. The minimum absolute atomic E-state index is 0.102. The first-order chi connectivity index (χ1) is 16.1. The summed E-state index contributed by atoms with van der Waals surface area (Å²) >= 11 is 6.06. The van der Waals surface area contributed by atoms with Gasteiger partial charge in [-0.1, -0.05) is 11.6 Å². The Labute approximate surface area is 197 Å². The van der Waals surface area contributed by atoms with Crippen LogP contribution in [0.5, 0.6) is 5.88 Å². The summed E-state index contributed by atoms with van der Waals surface area (Å²) in [5, 5.41) is 5.72. The molecule has 2 amide bonds. The fraction of sp³-hybridized carbons (Fsp3) is 0.429. The second-order valence-electron chi connectivity index (χ2n) is 7.83. The maximum Gasteiger partial charge on any atom is 0.422 e. The number of hydrogen-bond acceptors (Lipinski definition) is 7. The van der Waals surface area contributed by atoms with Crippen LogP contribution in [0.2, 0.25) is 5.02 Å². The minimum atomic E-state index is -4.52. The Hall–Kier alpha value is -2.96. The maximum absolute atomic E-state index is 13.1. The van der Waals surface area contributed by atoms with Crippen LogP contribution in [0.3, 0.4) is 0 Å². The molecular formula is C21H21ClF3N5O4. The average Bonchev–Trinajstić information content (AvgIpc) is 3.15. The Bertz CT molecular complexity index is 1090. The number of amides is 2. The molecule has 0 aliphatic carbocycles. The summed E-state index contributed by atoms with van der Waals surface area (Å²) in [6.45, 7) is 1.70. The van der Waals surface area contributed by atoms with E-state index < -0.39 is 24.9 Å². The SMILES string of the molecule is CC(c1cnc(OCC(F)(F)F)c(Cl)c1)N1Cc2c(ccnc2NC(=O)[C@@H]2COCCN2)C1=O. The largest absolute Gasteiger partial charge is 0.467 e. The van der Waals surface area contributed by atoms with Crippen LogP contribution in [-0.2, 0) is 16.1 Å². The second kappa shape index (κ2) is 9.72. The van der Waals surface area contributed by atoms with E-state index in [2.05, 4.69) is 25.3 Å². The molecule has 2 aromatic heterocycles. The molecular weight excluding hydrogens is 479 g/mol. The number of carbonyl (C=O) groups excluding carboxylic acids is 2. The van der Waals surface area contributed by atoms with Crippen molar-refractivity contribution in [1.29, 1.82) is 0 Å². The monoisotopic (exact) mass is 499 g/mol. The predicted octanol–water partition coefficient (Wildman–Crippen LogP) is 2.72. The standard InChI is InChI=1S/C21H21ClF3N5O4/c1-11(12-6-15(22)19(28-7-12)34-10-21(23,24)25)30-8-14-13(20(30)32)2-3-27-17(14)29-18(31)16-9-33-5-4-26-16/h2-3,6-7,11,16,26H,4-5,8-10H2,1H3,(H,27,29,31)/t11?,16-/m0/s1. The van der Waals surface area contributed by atoms with E-state index in [0.29, 0.717) is 29.8 Å². The molecule has 1 saturated heterocycles. The van der Waals surface area contributed by atoms with Crippen molar-refractivity contribution < 1.29 is 32.2 Å². The minimum Gasteiger partial charge on any atom is -0.467 e. The van der Waals surface area contributed by atoms with E-state index in [1.54, 1.807) is 13.0 Å². The van der Waals surface area contributed by atoms with Gasteiger partial charge in [-0.3, -0.25) is 9.59 Å². The highest BCUT2D eigenvalue weighted by molar-refractivity contribution is 6.31. The highest BCUT2D eigenvalue weighted by Gasteiger charge is 2.35. The predicted molar refractivity (Wildman–Crippen MR) is 115 cm³/mol. The second-order valence-corrected chi connectivity index (χ2v) is 8.23. The summed E-state index contributed by atoms with van der Waals surface area (Å²) < 4.78 is 47.1. The Morgan fingerprint density at radius 1 is 1.44 bits per heavy atom. The van der Waals surface area contributed by atoms with Gasteiger partial charge in [0, 0.05) is 30.1 Å².